The summed E-state index contributed by atoms with van der Waals surface area (Å²) in [5, 5.41) is 11.4. The van der Waals surface area contributed by atoms with Crippen LogP contribution in [0.2, 0.25) is 0 Å². The summed E-state index contributed by atoms with van der Waals surface area (Å²) < 4.78 is 5.47. The van der Waals surface area contributed by atoms with Crippen molar-refractivity contribution >= 4 is 10.9 Å². The van der Waals surface area contributed by atoms with E-state index in [1.54, 1.807) is 12.3 Å². The molecular weight excluding hydrogens is 226 g/mol. The van der Waals surface area contributed by atoms with E-state index in [-0.39, 0.29) is 0 Å². The number of aliphatic hydroxyl groups excluding tert-OH is 1. The van der Waals surface area contributed by atoms with Crippen molar-refractivity contribution in [2.24, 2.45) is 0 Å². The number of benzene rings is 1. The molecule has 1 aromatic carbocycles. The highest BCUT2D eigenvalue weighted by atomic mass is 16.4. The van der Waals surface area contributed by atoms with Crippen LogP contribution in [0, 0.1) is 6.92 Å². The second-order valence-corrected chi connectivity index (χ2v) is 4.27. The molecule has 1 atom stereocenters. The van der Waals surface area contributed by atoms with Gasteiger partial charge < -0.3 is 9.52 Å². The molecule has 0 aliphatic carbocycles. The van der Waals surface area contributed by atoms with Gasteiger partial charge in [-0.1, -0.05) is 24.3 Å². The molecule has 2 aromatic heterocycles. The van der Waals surface area contributed by atoms with Crippen LogP contribution in [0.4, 0.5) is 0 Å². The molecule has 1 unspecified atom stereocenters. The largest absolute Gasteiger partial charge is 0.463 e. The maximum atomic E-state index is 10.4. The first-order valence-electron chi connectivity index (χ1n) is 5.84. The van der Waals surface area contributed by atoms with Gasteiger partial charge in [-0.15, -0.1) is 0 Å². The Labute approximate surface area is 105 Å². The van der Waals surface area contributed by atoms with E-state index in [2.05, 4.69) is 4.98 Å². The smallest absolute Gasteiger partial charge is 0.139 e. The molecule has 0 aliphatic rings. The van der Waals surface area contributed by atoms with E-state index in [0.717, 1.165) is 22.2 Å². The number of aryl methyl sites for hydroxylation is 1. The van der Waals surface area contributed by atoms with Gasteiger partial charge in [0.1, 0.15) is 17.6 Å². The SMILES string of the molecule is Cc1ccc(C(O)c2cccc3cccnc23)o1. The van der Waals surface area contributed by atoms with Crippen LogP contribution < -0.4 is 0 Å². The minimum atomic E-state index is -0.780. The number of hydrogen-bond acceptors (Lipinski definition) is 3. The van der Waals surface area contributed by atoms with Gasteiger partial charge >= 0.3 is 0 Å². The molecule has 18 heavy (non-hydrogen) atoms. The highest BCUT2D eigenvalue weighted by Gasteiger charge is 2.17. The minimum Gasteiger partial charge on any atom is -0.463 e. The van der Waals surface area contributed by atoms with Crippen molar-refractivity contribution in [1.82, 2.24) is 4.98 Å². The Morgan fingerprint density at radius 2 is 1.94 bits per heavy atom. The number of pyridine rings is 1. The molecule has 0 aliphatic heterocycles. The number of nitrogens with zero attached hydrogens (tertiary/aromatic N) is 1. The van der Waals surface area contributed by atoms with Crippen LogP contribution in [-0.4, -0.2) is 10.1 Å². The Morgan fingerprint density at radius 1 is 1.11 bits per heavy atom. The highest BCUT2D eigenvalue weighted by Crippen LogP contribution is 2.28. The Hall–Kier alpha value is -2.13. The van der Waals surface area contributed by atoms with E-state index in [4.69, 9.17) is 4.42 Å². The maximum absolute atomic E-state index is 10.4. The van der Waals surface area contributed by atoms with Gasteiger partial charge in [-0.05, 0) is 25.1 Å². The Bertz CT molecular complexity index is 682. The first-order valence-corrected chi connectivity index (χ1v) is 5.84. The monoisotopic (exact) mass is 239 g/mol. The van der Waals surface area contributed by atoms with Gasteiger partial charge in [-0.2, -0.15) is 0 Å². The number of para-hydroxylation sites is 1. The highest BCUT2D eigenvalue weighted by molar-refractivity contribution is 5.82. The second kappa shape index (κ2) is 4.27. The van der Waals surface area contributed by atoms with E-state index in [0.29, 0.717) is 5.76 Å². The number of aliphatic hydroxyl groups is 1. The van der Waals surface area contributed by atoms with Crippen LogP contribution in [0.5, 0.6) is 0 Å². The van der Waals surface area contributed by atoms with Crippen molar-refractivity contribution in [3.8, 4) is 0 Å². The number of fused-ring (bicyclic) bond motifs is 1. The molecule has 0 spiro atoms. The van der Waals surface area contributed by atoms with Crippen LogP contribution in [-0.2, 0) is 0 Å². The van der Waals surface area contributed by atoms with Crippen LogP contribution in [0.1, 0.15) is 23.2 Å². The zero-order valence-corrected chi connectivity index (χ0v) is 10.00. The molecule has 0 saturated carbocycles. The summed E-state index contributed by atoms with van der Waals surface area (Å²) in [5.74, 6) is 1.34. The molecule has 2 heterocycles. The Morgan fingerprint density at radius 3 is 2.72 bits per heavy atom. The van der Waals surface area contributed by atoms with Crippen molar-refractivity contribution in [2.45, 2.75) is 13.0 Å². The van der Waals surface area contributed by atoms with E-state index >= 15 is 0 Å². The normalized spacial score (nSPS) is 12.8. The van der Waals surface area contributed by atoms with E-state index in [1.165, 1.54) is 0 Å². The average molecular weight is 239 g/mol. The van der Waals surface area contributed by atoms with Crippen molar-refractivity contribution in [3.05, 3.63) is 65.7 Å². The molecule has 3 aromatic rings. The van der Waals surface area contributed by atoms with Crippen molar-refractivity contribution in [2.75, 3.05) is 0 Å². The summed E-state index contributed by atoms with van der Waals surface area (Å²) in [6.07, 6.45) is 0.948. The molecule has 1 N–H and O–H groups in total. The summed E-state index contributed by atoms with van der Waals surface area (Å²) in [6, 6.07) is 13.3. The predicted molar refractivity (Wildman–Crippen MR) is 69.2 cm³/mol. The molecule has 3 heteroatoms. The standard InChI is InChI=1S/C15H13NO2/c1-10-7-8-13(18-10)15(17)12-6-2-4-11-5-3-9-16-14(11)12/h2-9,15,17H,1H3. The quantitative estimate of drug-likeness (QED) is 0.746. The number of rotatable bonds is 2. The predicted octanol–water partition coefficient (Wildman–Crippen LogP) is 3.22. The molecule has 0 bridgehead atoms. The topological polar surface area (TPSA) is 46.3 Å². The summed E-state index contributed by atoms with van der Waals surface area (Å²) in [7, 11) is 0. The second-order valence-electron chi connectivity index (χ2n) is 4.27. The van der Waals surface area contributed by atoms with Gasteiger partial charge in [0, 0.05) is 17.1 Å². The van der Waals surface area contributed by atoms with Gasteiger partial charge in [0.2, 0.25) is 0 Å². The first kappa shape index (κ1) is 11.0. The zero-order valence-electron chi connectivity index (χ0n) is 10.00. The van der Waals surface area contributed by atoms with Gasteiger partial charge in [0.05, 0.1) is 5.52 Å². The summed E-state index contributed by atoms with van der Waals surface area (Å²) in [5.41, 5.74) is 1.57. The van der Waals surface area contributed by atoms with Gasteiger partial charge in [-0.3, -0.25) is 4.98 Å². The number of furan rings is 1. The maximum Gasteiger partial charge on any atom is 0.139 e. The lowest BCUT2D eigenvalue weighted by Crippen LogP contribution is -2.00. The third-order valence-corrected chi connectivity index (χ3v) is 2.99. The fourth-order valence-electron chi connectivity index (χ4n) is 2.10. The lowest BCUT2D eigenvalue weighted by Gasteiger charge is -2.10. The lowest BCUT2D eigenvalue weighted by molar-refractivity contribution is 0.189. The fraction of sp³-hybridized carbons (Fsp3) is 0.133. The van der Waals surface area contributed by atoms with Gasteiger partial charge in [-0.25, -0.2) is 0 Å². The third-order valence-electron chi connectivity index (χ3n) is 2.99. The zero-order chi connectivity index (χ0) is 12.5. The van der Waals surface area contributed by atoms with E-state index in [9.17, 15) is 5.11 Å². The van der Waals surface area contributed by atoms with Gasteiger partial charge in [0.15, 0.2) is 0 Å². The number of hydrogen-bond donors (Lipinski definition) is 1. The minimum absolute atomic E-state index is 0.547. The van der Waals surface area contributed by atoms with E-state index in [1.807, 2.05) is 43.3 Å². The average Bonchev–Trinajstić information content (AvgIpc) is 2.84. The van der Waals surface area contributed by atoms with Crippen LogP contribution in [0.25, 0.3) is 10.9 Å². The van der Waals surface area contributed by atoms with Gasteiger partial charge in [0.25, 0.3) is 0 Å². The Kier molecular flexibility index (Phi) is 2.61. The van der Waals surface area contributed by atoms with E-state index < -0.39 is 6.10 Å². The lowest BCUT2D eigenvalue weighted by atomic mass is 10.0. The number of aromatic nitrogens is 1. The summed E-state index contributed by atoms with van der Waals surface area (Å²) >= 11 is 0. The van der Waals surface area contributed by atoms with Crippen molar-refractivity contribution < 1.29 is 9.52 Å². The van der Waals surface area contributed by atoms with Crippen LogP contribution in [0.15, 0.2) is 53.1 Å². The van der Waals surface area contributed by atoms with Crippen LogP contribution in [0.3, 0.4) is 0 Å². The molecule has 0 amide bonds. The summed E-state index contributed by atoms with van der Waals surface area (Å²) in [6.45, 7) is 1.86. The molecule has 0 fully saturated rings. The third kappa shape index (κ3) is 1.79. The molecule has 0 saturated heterocycles. The van der Waals surface area contributed by atoms with Crippen LogP contribution >= 0.6 is 0 Å². The Balaban J connectivity index is 2.14. The molecule has 90 valence electrons. The molecular formula is C15H13NO2. The fourth-order valence-corrected chi connectivity index (χ4v) is 2.10. The molecule has 3 nitrogen and oxygen atoms in total. The first-order chi connectivity index (χ1) is 8.75. The molecule has 0 radical (unpaired) electrons. The van der Waals surface area contributed by atoms with Crippen molar-refractivity contribution in [3.63, 3.8) is 0 Å². The molecule has 3 rings (SSSR count). The summed E-state index contributed by atoms with van der Waals surface area (Å²) in [4.78, 5) is 4.33. The van der Waals surface area contributed by atoms with Crippen molar-refractivity contribution in [1.29, 1.82) is 0 Å².